The van der Waals surface area contributed by atoms with Gasteiger partial charge < -0.3 is 25.2 Å². The van der Waals surface area contributed by atoms with Gasteiger partial charge in [0.15, 0.2) is 5.82 Å². The van der Waals surface area contributed by atoms with Crippen LogP contribution in [0.2, 0.25) is 0 Å². The lowest BCUT2D eigenvalue weighted by Crippen LogP contribution is -2.56. The second-order valence-corrected chi connectivity index (χ2v) is 19.1. The van der Waals surface area contributed by atoms with Gasteiger partial charge in [0.2, 0.25) is 11.8 Å². The van der Waals surface area contributed by atoms with Crippen LogP contribution in [-0.4, -0.2) is 120 Å². The van der Waals surface area contributed by atoms with Gasteiger partial charge in [0.05, 0.1) is 22.2 Å². The second-order valence-electron chi connectivity index (χ2n) is 19.1. The largest absolute Gasteiger partial charge is 0.381 e. The Bertz CT molecular complexity index is 2810. The number of piperidine rings is 1. The van der Waals surface area contributed by atoms with Crippen molar-refractivity contribution in [3.05, 3.63) is 112 Å². The zero-order valence-corrected chi connectivity index (χ0v) is 36.9. The van der Waals surface area contributed by atoms with Crippen molar-refractivity contribution in [3.63, 3.8) is 0 Å². The molecule has 2 atom stereocenters. The number of rotatable bonds is 10. The number of amides is 5. The summed E-state index contributed by atoms with van der Waals surface area (Å²) < 4.78 is 33.5. The predicted octanol–water partition coefficient (Wildman–Crippen LogP) is 5.86. The number of fused-ring (bicyclic) bond motifs is 2. The van der Waals surface area contributed by atoms with Crippen LogP contribution >= 0.6 is 0 Å². The van der Waals surface area contributed by atoms with Gasteiger partial charge in [0, 0.05) is 105 Å². The Kier molecular flexibility index (Phi) is 11.0. The van der Waals surface area contributed by atoms with E-state index in [0.29, 0.717) is 53.6 Å². The van der Waals surface area contributed by atoms with Crippen LogP contribution in [-0.2, 0) is 20.7 Å². The molecule has 5 aromatic rings. The third-order valence-electron chi connectivity index (χ3n) is 14.7. The maximum atomic E-state index is 14.1. The molecule has 4 aromatic carbocycles. The van der Waals surface area contributed by atoms with Crippen molar-refractivity contribution < 1.29 is 37.5 Å². The van der Waals surface area contributed by atoms with Gasteiger partial charge in [0.1, 0.15) is 17.7 Å². The fraction of sp³-hybridized carbons (Fsp3) is 0.400. The average molecular weight is 912 g/mol. The molecule has 1 saturated carbocycles. The van der Waals surface area contributed by atoms with E-state index in [-0.39, 0.29) is 35.8 Å². The summed E-state index contributed by atoms with van der Waals surface area (Å²) in [7, 11) is 0. The van der Waals surface area contributed by atoms with Crippen LogP contribution in [0.4, 0.5) is 31.7 Å². The Morgan fingerprint density at radius 3 is 2.31 bits per heavy atom. The molecular formula is C50H51F2N9O6. The number of halogens is 2. The Morgan fingerprint density at radius 2 is 1.54 bits per heavy atom. The number of aromatic nitrogens is 2. The molecule has 0 bridgehead atoms. The Balaban J connectivity index is 0.724. The molecule has 1 spiro atoms. The summed E-state index contributed by atoms with van der Waals surface area (Å²) in [6, 6.07) is 20.0. The van der Waals surface area contributed by atoms with Gasteiger partial charge in [-0.1, -0.05) is 6.07 Å². The van der Waals surface area contributed by atoms with Crippen molar-refractivity contribution in [1.82, 2.24) is 25.3 Å². The number of hydrogen-bond donors (Lipinski definition) is 4. The van der Waals surface area contributed by atoms with Crippen molar-refractivity contribution in [2.45, 2.75) is 69.5 Å². The van der Waals surface area contributed by atoms with Crippen molar-refractivity contribution in [3.8, 4) is 0 Å². The highest BCUT2D eigenvalue weighted by Crippen LogP contribution is 2.49. The first-order valence-electron chi connectivity index (χ1n) is 23.3. The van der Waals surface area contributed by atoms with Gasteiger partial charge in [-0.05, 0) is 117 Å². The highest BCUT2D eigenvalue weighted by Gasteiger charge is 2.50. The molecule has 1 aromatic heterocycles. The van der Waals surface area contributed by atoms with Gasteiger partial charge >= 0.3 is 0 Å². The number of carbonyl (C=O) groups excluding carboxylic acids is 5. The molecule has 5 amide bonds. The van der Waals surface area contributed by atoms with Crippen LogP contribution in [0, 0.1) is 17.0 Å². The molecule has 346 valence electrons. The lowest BCUT2D eigenvalue weighted by atomic mass is 9.77. The van der Waals surface area contributed by atoms with E-state index >= 15 is 0 Å². The lowest BCUT2D eigenvalue weighted by Gasteiger charge is -2.50. The Labute approximate surface area is 385 Å². The lowest BCUT2D eigenvalue weighted by molar-refractivity contribution is -0.136. The topological polar surface area (TPSA) is 172 Å². The van der Waals surface area contributed by atoms with Crippen molar-refractivity contribution >= 4 is 63.3 Å². The smallest absolute Gasteiger partial charge is 0.262 e. The highest BCUT2D eigenvalue weighted by atomic mass is 19.1. The molecule has 2 unspecified atom stereocenters. The van der Waals surface area contributed by atoms with E-state index in [1.54, 1.807) is 12.1 Å². The monoisotopic (exact) mass is 911 g/mol. The second kappa shape index (κ2) is 17.2. The quantitative estimate of drug-likeness (QED) is 0.124. The number of anilines is 4. The maximum absolute atomic E-state index is 14.1. The fourth-order valence-corrected chi connectivity index (χ4v) is 11.2. The molecule has 1 aliphatic carbocycles. The molecule has 5 fully saturated rings. The number of H-pyrrole nitrogens is 1. The van der Waals surface area contributed by atoms with Crippen LogP contribution < -0.4 is 25.8 Å². The molecular weight excluding hydrogens is 861 g/mol. The number of benzene rings is 4. The van der Waals surface area contributed by atoms with Crippen LogP contribution in [0.15, 0.2) is 72.8 Å². The number of nitrogens with zero attached hydrogens (tertiary/aromatic N) is 5. The fourth-order valence-electron chi connectivity index (χ4n) is 11.2. The summed E-state index contributed by atoms with van der Waals surface area (Å²) in [6.45, 7) is 6.58. The van der Waals surface area contributed by atoms with Gasteiger partial charge in [-0.2, -0.15) is 5.10 Å². The summed E-state index contributed by atoms with van der Waals surface area (Å²) in [5.74, 6) is -3.20. The summed E-state index contributed by atoms with van der Waals surface area (Å²) in [4.78, 5) is 73.3. The minimum Gasteiger partial charge on any atom is -0.381 e. The normalized spacial score (nSPS) is 22.1. The first-order valence-corrected chi connectivity index (χ1v) is 23.3. The number of hydrogen-bond acceptors (Lipinski definition) is 11. The van der Waals surface area contributed by atoms with Crippen LogP contribution in [0.3, 0.4) is 0 Å². The third kappa shape index (κ3) is 8.28. The van der Waals surface area contributed by atoms with Crippen LogP contribution in [0.1, 0.15) is 87.1 Å². The van der Waals surface area contributed by atoms with E-state index in [4.69, 9.17) is 4.74 Å². The number of piperazine rings is 1. The third-order valence-corrected chi connectivity index (χ3v) is 14.7. The Hall–Kier alpha value is -6.72. The first-order chi connectivity index (χ1) is 32.5. The van der Waals surface area contributed by atoms with Crippen molar-refractivity contribution in [2.75, 3.05) is 72.9 Å². The molecule has 17 heteroatoms. The number of aromatic amines is 1. The van der Waals surface area contributed by atoms with E-state index in [9.17, 15) is 32.8 Å². The van der Waals surface area contributed by atoms with Crippen LogP contribution in [0.25, 0.3) is 10.9 Å². The van der Waals surface area contributed by atoms with Gasteiger partial charge in [-0.15, -0.1) is 0 Å². The summed E-state index contributed by atoms with van der Waals surface area (Å²) >= 11 is 0. The average Bonchev–Trinajstić information content (AvgIpc) is 4.00. The molecule has 5 aliphatic heterocycles. The summed E-state index contributed by atoms with van der Waals surface area (Å²) in [6.07, 6.45) is 5.50. The van der Waals surface area contributed by atoms with Gasteiger partial charge in [-0.3, -0.25) is 44.2 Å². The van der Waals surface area contributed by atoms with E-state index in [1.165, 1.54) is 12.1 Å². The molecule has 15 nitrogen and oxygen atoms in total. The number of carbonyl (C=O) groups is 5. The predicted molar refractivity (Wildman–Crippen MR) is 246 cm³/mol. The molecule has 0 radical (unpaired) electrons. The van der Waals surface area contributed by atoms with E-state index in [2.05, 4.69) is 46.9 Å². The maximum Gasteiger partial charge on any atom is 0.262 e. The minimum absolute atomic E-state index is 0.0817. The summed E-state index contributed by atoms with van der Waals surface area (Å²) in [5.41, 5.74) is 6.00. The molecule has 6 aliphatic rings. The summed E-state index contributed by atoms with van der Waals surface area (Å²) in [5, 5.41) is 17.0. The standard InChI is InChI=1S/C50H51F2N9O6/c51-31-20-30(21-32(52)23-31)19-29-1-6-41-40(22-29)45(57-56-41)55-46(63)38-5-3-35(25-42(38)53-33-10-17-67-18-11-33)58-13-15-59(16-14-58)36-9-12-50(26-36)27-60(28-50)34-2-4-37-39(24-34)49(66)61(48(37)65)43-7-8-44(62)54-47(43)64/h1-6,20-25,33,36,43,53H,7-19,26-28H2,(H,54,62,64)(H2,55,56,57,63). The molecule has 67 heavy (non-hydrogen) atoms. The zero-order valence-electron chi connectivity index (χ0n) is 36.9. The number of ether oxygens (including phenoxy) is 1. The Morgan fingerprint density at radius 1 is 0.791 bits per heavy atom. The van der Waals surface area contributed by atoms with Crippen LogP contribution in [0.5, 0.6) is 0 Å². The van der Waals surface area contributed by atoms with E-state index in [1.807, 2.05) is 36.4 Å². The van der Waals surface area contributed by atoms with Crippen molar-refractivity contribution in [1.29, 1.82) is 0 Å². The SMILES string of the molecule is O=C1CCC(N2C(=O)c3ccc(N4CC5(CCC(N6CCN(c7ccc(C(=O)Nc8n[nH]c9ccc(Cc%10cc(F)cc(F)c%10)cc89)c(NC8CCOCC8)c7)CC6)C5)C4)cc3C2=O)C(=O)N1. The molecule has 11 rings (SSSR count). The van der Waals surface area contributed by atoms with Gasteiger partial charge in [-0.25, -0.2) is 8.78 Å². The zero-order chi connectivity index (χ0) is 46.0. The molecule has 4 N–H and O–H groups in total. The molecule has 6 heterocycles. The minimum atomic E-state index is -0.987. The highest BCUT2D eigenvalue weighted by molar-refractivity contribution is 6.23. The number of imide groups is 2. The number of nitrogens with one attached hydrogen (secondary N) is 4. The van der Waals surface area contributed by atoms with E-state index in [0.717, 1.165) is 110 Å². The van der Waals surface area contributed by atoms with Crippen molar-refractivity contribution in [2.24, 2.45) is 5.41 Å². The first kappa shape index (κ1) is 42.9. The van der Waals surface area contributed by atoms with Gasteiger partial charge in [0.25, 0.3) is 17.7 Å². The van der Waals surface area contributed by atoms with E-state index < -0.39 is 41.3 Å². The molecule has 4 saturated heterocycles.